The average molecular weight is 400 g/mol. The van der Waals surface area contributed by atoms with Crippen molar-refractivity contribution in [2.75, 3.05) is 26.8 Å². The summed E-state index contributed by atoms with van der Waals surface area (Å²) in [5, 5.41) is 3.52. The minimum absolute atomic E-state index is 0.00203. The van der Waals surface area contributed by atoms with Gasteiger partial charge in [-0.05, 0) is 68.0 Å². The first-order valence-electron chi connectivity index (χ1n) is 11.2. The first kappa shape index (κ1) is 19.4. The van der Waals surface area contributed by atoms with Crippen LogP contribution in [0.15, 0.2) is 24.3 Å². The zero-order chi connectivity index (χ0) is 20.1. The van der Waals surface area contributed by atoms with E-state index in [4.69, 9.17) is 14.2 Å². The van der Waals surface area contributed by atoms with Crippen molar-refractivity contribution in [3.63, 3.8) is 0 Å². The predicted octanol–water partition coefficient (Wildman–Crippen LogP) is 3.35. The van der Waals surface area contributed by atoms with Crippen molar-refractivity contribution in [1.82, 2.24) is 5.32 Å². The summed E-state index contributed by atoms with van der Waals surface area (Å²) in [5.41, 5.74) is 1.58. The highest BCUT2D eigenvalue weighted by atomic mass is 16.6. The Hall–Kier alpha value is -1.59. The third-order valence-corrected chi connectivity index (χ3v) is 8.21. The van der Waals surface area contributed by atoms with Crippen LogP contribution >= 0.6 is 0 Å². The number of nitrogens with one attached hydrogen (secondary N) is 1. The largest absolute Gasteiger partial charge is 0.496 e. The van der Waals surface area contributed by atoms with Gasteiger partial charge in [-0.2, -0.15) is 0 Å². The number of benzene rings is 1. The van der Waals surface area contributed by atoms with E-state index in [-0.39, 0.29) is 29.0 Å². The molecule has 0 bridgehead atoms. The molecule has 1 N–H and O–H groups in total. The van der Waals surface area contributed by atoms with E-state index in [0.29, 0.717) is 18.4 Å². The van der Waals surface area contributed by atoms with Crippen LogP contribution in [-0.4, -0.2) is 44.5 Å². The molecular weight excluding hydrogens is 366 g/mol. The Morgan fingerprint density at radius 3 is 2.90 bits per heavy atom. The van der Waals surface area contributed by atoms with Gasteiger partial charge in [0.1, 0.15) is 11.9 Å². The Kier molecular flexibility index (Phi) is 4.86. The van der Waals surface area contributed by atoms with E-state index < -0.39 is 0 Å². The van der Waals surface area contributed by atoms with Gasteiger partial charge in [0.25, 0.3) is 0 Å². The lowest BCUT2D eigenvalue weighted by atomic mass is 9.53. The maximum Gasteiger partial charge on any atom is 0.310 e. The Morgan fingerprint density at radius 2 is 2.10 bits per heavy atom. The van der Waals surface area contributed by atoms with Crippen molar-refractivity contribution in [3.05, 3.63) is 29.8 Å². The van der Waals surface area contributed by atoms with Crippen LogP contribution in [0.25, 0.3) is 0 Å². The molecule has 0 amide bonds. The lowest BCUT2D eigenvalue weighted by Crippen LogP contribution is -2.51. The molecule has 5 rings (SSSR count). The Balaban J connectivity index is 1.21. The van der Waals surface area contributed by atoms with E-state index in [1.54, 1.807) is 7.11 Å². The van der Waals surface area contributed by atoms with Crippen molar-refractivity contribution in [2.24, 2.45) is 23.2 Å². The van der Waals surface area contributed by atoms with Gasteiger partial charge in [-0.1, -0.05) is 25.1 Å². The summed E-state index contributed by atoms with van der Waals surface area (Å²) in [6.45, 7) is 4.85. The third-order valence-electron chi connectivity index (χ3n) is 8.21. The van der Waals surface area contributed by atoms with Crippen LogP contribution in [0.5, 0.6) is 5.75 Å². The number of carbonyl (C=O) groups excluding carboxylic acids is 1. The van der Waals surface area contributed by atoms with Crippen molar-refractivity contribution >= 4 is 5.97 Å². The van der Waals surface area contributed by atoms with Gasteiger partial charge >= 0.3 is 5.97 Å². The van der Waals surface area contributed by atoms with E-state index >= 15 is 0 Å². The fourth-order valence-electron chi connectivity index (χ4n) is 6.58. The lowest BCUT2D eigenvalue weighted by molar-refractivity contribution is -0.147. The molecule has 5 heteroatoms. The molecule has 2 heterocycles. The minimum Gasteiger partial charge on any atom is -0.496 e. The topological polar surface area (TPSA) is 60.1 Å². The van der Waals surface area contributed by atoms with E-state index in [0.717, 1.165) is 38.2 Å². The maximum absolute atomic E-state index is 12.7. The molecule has 4 aliphatic rings. The number of para-hydroxylation sites is 1. The number of methoxy groups -OCH3 is 1. The molecule has 2 aliphatic carbocycles. The van der Waals surface area contributed by atoms with Gasteiger partial charge in [-0.15, -0.1) is 0 Å². The molecule has 2 unspecified atom stereocenters. The van der Waals surface area contributed by atoms with Crippen molar-refractivity contribution in [1.29, 1.82) is 0 Å². The number of hydrogen-bond donors (Lipinski definition) is 1. The maximum atomic E-state index is 12.7. The molecule has 2 saturated heterocycles. The molecule has 1 spiro atoms. The average Bonchev–Trinajstić information content (AvgIpc) is 3.41. The zero-order valence-electron chi connectivity index (χ0n) is 17.6. The Morgan fingerprint density at radius 1 is 1.28 bits per heavy atom. The standard InChI is InChI=1S/C24H33NO4/c1-23-9-5-10-24(15-28-24)21(23)12-17-18(22(26)29-20(17)13-23)14-25-11-8-16-6-3-4-7-19(16)27-2/h3-4,6-7,17-18,20-21,25H,5,8-15H2,1-2H3/t17-,18?,20-,21?,23-,24+/m1/s1. The summed E-state index contributed by atoms with van der Waals surface area (Å²) in [4.78, 5) is 12.7. The van der Waals surface area contributed by atoms with Crippen molar-refractivity contribution in [2.45, 2.75) is 57.2 Å². The van der Waals surface area contributed by atoms with Gasteiger partial charge in [-0.25, -0.2) is 0 Å². The quantitative estimate of drug-likeness (QED) is 0.452. The highest BCUT2D eigenvalue weighted by Gasteiger charge is 2.64. The Bertz CT molecular complexity index is 776. The number of hydrogen-bond acceptors (Lipinski definition) is 5. The monoisotopic (exact) mass is 399 g/mol. The van der Waals surface area contributed by atoms with Crippen molar-refractivity contribution in [3.8, 4) is 5.75 Å². The van der Waals surface area contributed by atoms with Crippen LogP contribution in [0, 0.1) is 23.2 Å². The first-order chi connectivity index (χ1) is 14.0. The molecule has 0 aromatic heterocycles. The lowest BCUT2D eigenvalue weighted by Gasteiger charge is -2.51. The first-order valence-corrected chi connectivity index (χ1v) is 11.2. The van der Waals surface area contributed by atoms with E-state index in [9.17, 15) is 4.79 Å². The number of carbonyl (C=O) groups is 1. The molecule has 4 fully saturated rings. The van der Waals surface area contributed by atoms with E-state index in [1.807, 2.05) is 18.2 Å². The number of ether oxygens (including phenoxy) is 3. The number of epoxide rings is 1. The second-order valence-corrected chi connectivity index (χ2v) is 9.87. The second kappa shape index (κ2) is 7.28. The van der Waals surface area contributed by atoms with Crippen molar-refractivity contribution < 1.29 is 19.0 Å². The molecule has 6 atom stereocenters. The number of rotatable bonds is 6. The van der Waals surface area contributed by atoms with Crippen LogP contribution in [0.4, 0.5) is 0 Å². The van der Waals surface area contributed by atoms with E-state index in [1.165, 1.54) is 24.8 Å². The molecule has 0 radical (unpaired) electrons. The van der Waals surface area contributed by atoms with Gasteiger partial charge in [0.05, 0.1) is 25.2 Å². The highest BCUT2D eigenvalue weighted by molar-refractivity contribution is 5.75. The number of esters is 1. The van der Waals surface area contributed by atoms with Crippen LogP contribution in [0.1, 0.15) is 44.6 Å². The summed E-state index contributed by atoms with van der Waals surface area (Å²) in [7, 11) is 1.71. The minimum atomic E-state index is -0.0278. The fourth-order valence-corrected chi connectivity index (χ4v) is 6.58. The van der Waals surface area contributed by atoms with Gasteiger partial charge in [-0.3, -0.25) is 4.79 Å². The second-order valence-electron chi connectivity index (χ2n) is 9.87. The predicted molar refractivity (Wildman–Crippen MR) is 110 cm³/mol. The van der Waals surface area contributed by atoms with Crippen LogP contribution in [-0.2, 0) is 20.7 Å². The van der Waals surface area contributed by atoms with Crippen LogP contribution in [0.2, 0.25) is 0 Å². The molecule has 1 aromatic rings. The smallest absolute Gasteiger partial charge is 0.310 e. The molecule has 2 saturated carbocycles. The highest BCUT2D eigenvalue weighted by Crippen LogP contribution is 2.62. The van der Waals surface area contributed by atoms with Crippen LogP contribution < -0.4 is 10.1 Å². The zero-order valence-corrected chi connectivity index (χ0v) is 17.6. The van der Waals surface area contributed by atoms with Gasteiger partial charge in [0.15, 0.2) is 0 Å². The van der Waals surface area contributed by atoms with Gasteiger partial charge < -0.3 is 19.5 Å². The molecule has 5 nitrogen and oxygen atoms in total. The normalized spacial score (nSPS) is 40.3. The van der Waals surface area contributed by atoms with Gasteiger partial charge in [0, 0.05) is 12.5 Å². The van der Waals surface area contributed by atoms with Crippen LogP contribution in [0.3, 0.4) is 0 Å². The van der Waals surface area contributed by atoms with Gasteiger partial charge in [0.2, 0.25) is 0 Å². The third kappa shape index (κ3) is 3.36. The molecule has 29 heavy (non-hydrogen) atoms. The molecule has 1 aromatic carbocycles. The summed E-state index contributed by atoms with van der Waals surface area (Å²) in [5.74, 6) is 1.81. The number of fused-ring (bicyclic) bond motifs is 3. The SMILES string of the molecule is COc1ccccc1CCNCC1C(=O)O[C@@H]2C[C@@]3(C)CCC[C@]4(CO4)C3C[C@H]12. The molecule has 2 aliphatic heterocycles. The summed E-state index contributed by atoms with van der Waals surface area (Å²) < 4.78 is 17.3. The van der Waals surface area contributed by atoms with E-state index in [2.05, 4.69) is 18.3 Å². The Labute approximate surface area is 173 Å². The molecule has 158 valence electrons. The molecular formula is C24H33NO4. The fraction of sp³-hybridized carbons (Fsp3) is 0.708. The summed E-state index contributed by atoms with van der Waals surface area (Å²) in [6.07, 6.45) is 6.75. The summed E-state index contributed by atoms with van der Waals surface area (Å²) >= 11 is 0. The summed E-state index contributed by atoms with van der Waals surface area (Å²) in [6, 6.07) is 8.12.